The van der Waals surface area contributed by atoms with E-state index < -0.39 is 5.54 Å². The lowest BCUT2D eigenvalue weighted by Crippen LogP contribution is -2.31. The second-order valence-corrected chi connectivity index (χ2v) is 3.89. The lowest BCUT2D eigenvalue weighted by atomic mass is 9.92. The number of aliphatic imine (C=N–C) groups is 1. The predicted octanol–water partition coefficient (Wildman–Crippen LogP) is 1.77. The first-order valence-corrected chi connectivity index (χ1v) is 4.23. The van der Waals surface area contributed by atoms with Gasteiger partial charge in [0.15, 0.2) is 11.4 Å². The topological polar surface area (TPSA) is 38.7 Å². The second kappa shape index (κ2) is 2.88. The highest BCUT2D eigenvalue weighted by Crippen LogP contribution is 2.27. The fourth-order valence-corrected chi connectivity index (χ4v) is 1.58. The molecule has 0 N–H and O–H groups in total. The van der Waals surface area contributed by atoms with E-state index in [1.807, 2.05) is 6.92 Å². The number of esters is 1. The third-order valence-electron chi connectivity index (χ3n) is 1.89. The zero-order valence-electron chi connectivity index (χ0n) is 8.05. The van der Waals surface area contributed by atoms with Gasteiger partial charge in [0.2, 0.25) is 0 Å². The Bertz CT molecular complexity index is 233. The third-order valence-corrected chi connectivity index (χ3v) is 1.89. The summed E-state index contributed by atoms with van der Waals surface area (Å²) in [6, 6.07) is 0. The Labute approximate surface area is 72.8 Å². The number of nitrogens with zero attached hydrogens (tertiary/aromatic N) is 1. The molecule has 0 radical (unpaired) electrons. The zero-order chi connectivity index (χ0) is 9.35. The Hall–Kier alpha value is -0.860. The lowest BCUT2D eigenvalue weighted by Gasteiger charge is -2.17. The van der Waals surface area contributed by atoms with E-state index in [1.165, 1.54) is 0 Å². The van der Waals surface area contributed by atoms with Gasteiger partial charge in [0.05, 0.1) is 0 Å². The molecule has 1 aliphatic heterocycles. The van der Waals surface area contributed by atoms with Crippen LogP contribution >= 0.6 is 0 Å². The largest absolute Gasteiger partial charge is 0.410 e. The molecular weight excluding hydrogens is 154 g/mol. The molecule has 0 amide bonds. The molecule has 3 heteroatoms. The maximum Gasteiger partial charge on any atom is 0.340 e. The van der Waals surface area contributed by atoms with Crippen LogP contribution in [0.5, 0.6) is 0 Å². The normalized spacial score (nSPS) is 29.1. The standard InChI is InChI=1S/C9H15NO2/c1-6(2)5-9(4)8(11)12-7(3)10-9/h6H,5H2,1-4H3. The first-order valence-electron chi connectivity index (χ1n) is 4.23. The van der Waals surface area contributed by atoms with Crippen molar-refractivity contribution in [3.63, 3.8) is 0 Å². The Morgan fingerprint density at radius 1 is 1.58 bits per heavy atom. The minimum absolute atomic E-state index is 0.214. The van der Waals surface area contributed by atoms with Crippen LogP contribution in [-0.2, 0) is 9.53 Å². The zero-order valence-corrected chi connectivity index (χ0v) is 8.05. The highest BCUT2D eigenvalue weighted by molar-refractivity contribution is 5.98. The van der Waals surface area contributed by atoms with Gasteiger partial charge in [-0.25, -0.2) is 9.79 Å². The van der Waals surface area contributed by atoms with Gasteiger partial charge in [-0.2, -0.15) is 0 Å². The maximum absolute atomic E-state index is 11.3. The molecule has 3 nitrogen and oxygen atoms in total. The van der Waals surface area contributed by atoms with Crippen LogP contribution in [-0.4, -0.2) is 17.4 Å². The average Bonchev–Trinajstić information content (AvgIpc) is 2.04. The summed E-state index contributed by atoms with van der Waals surface area (Å²) < 4.78 is 4.89. The molecule has 0 saturated heterocycles. The molecular formula is C9H15NO2. The number of hydrogen-bond donors (Lipinski definition) is 0. The first kappa shape index (κ1) is 9.23. The van der Waals surface area contributed by atoms with Crippen molar-refractivity contribution in [2.75, 3.05) is 0 Å². The minimum atomic E-state index is -0.627. The van der Waals surface area contributed by atoms with Crippen molar-refractivity contribution < 1.29 is 9.53 Å². The Kier molecular flexibility index (Phi) is 2.22. The molecule has 68 valence electrons. The monoisotopic (exact) mass is 169 g/mol. The Morgan fingerprint density at radius 2 is 2.17 bits per heavy atom. The van der Waals surface area contributed by atoms with Crippen molar-refractivity contribution in [2.45, 2.75) is 39.7 Å². The molecule has 1 rings (SSSR count). The summed E-state index contributed by atoms with van der Waals surface area (Å²) in [5.74, 6) is 0.731. The summed E-state index contributed by atoms with van der Waals surface area (Å²) in [4.78, 5) is 15.5. The van der Waals surface area contributed by atoms with Crippen LogP contribution < -0.4 is 0 Å². The van der Waals surface area contributed by atoms with Crippen LogP contribution in [0.15, 0.2) is 4.99 Å². The smallest absolute Gasteiger partial charge is 0.340 e. The molecule has 0 aromatic rings. The SMILES string of the molecule is CC1=NC(C)(CC(C)C)C(=O)O1. The molecule has 0 bridgehead atoms. The van der Waals surface area contributed by atoms with Crippen LogP contribution in [0.3, 0.4) is 0 Å². The average molecular weight is 169 g/mol. The number of rotatable bonds is 2. The fourth-order valence-electron chi connectivity index (χ4n) is 1.58. The Balaban J connectivity index is 2.76. The molecule has 1 unspecified atom stereocenters. The van der Waals surface area contributed by atoms with Gasteiger partial charge in [-0.3, -0.25) is 0 Å². The van der Waals surface area contributed by atoms with E-state index in [1.54, 1.807) is 6.92 Å². The van der Waals surface area contributed by atoms with E-state index in [2.05, 4.69) is 18.8 Å². The maximum atomic E-state index is 11.3. The predicted molar refractivity (Wildman–Crippen MR) is 47.1 cm³/mol. The quantitative estimate of drug-likeness (QED) is 0.591. The van der Waals surface area contributed by atoms with Crippen molar-refractivity contribution in [1.29, 1.82) is 0 Å². The van der Waals surface area contributed by atoms with Crippen molar-refractivity contribution >= 4 is 11.9 Å². The van der Waals surface area contributed by atoms with Gasteiger partial charge in [-0.1, -0.05) is 13.8 Å². The fraction of sp³-hybridized carbons (Fsp3) is 0.778. The van der Waals surface area contributed by atoms with Gasteiger partial charge in [0, 0.05) is 6.92 Å². The molecule has 0 aromatic carbocycles. The molecule has 0 aliphatic carbocycles. The summed E-state index contributed by atoms with van der Waals surface area (Å²) >= 11 is 0. The van der Waals surface area contributed by atoms with E-state index in [-0.39, 0.29) is 5.97 Å². The molecule has 1 aliphatic rings. The molecule has 0 fully saturated rings. The van der Waals surface area contributed by atoms with Crippen LogP contribution in [0.1, 0.15) is 34.1 Å². The minimum Gasteiger partial charge on any atom is -0.410 e. The van der Waals surface area contributed by atoms with Crippen molar-refractivity contribution in [1.82, 2.24) is 0 Å². The number of carbonyl (C=O) groups excluding carboxylic acids is 1. The van der Waals surface area contributed by atoms with Crippen LogP contribution in [0, 0.1) is 5.92 Å². The summed E-state index contributed by atoms with van der Waals surface area (Å²) in [5, 5.41) is 0. The summed E-state index contributed by atoms with van der Waals surface area (Å²) in [7, 11) is 0. The highest BCUT2D eigenvalue weighted by atomic mass is 16.6. The second-order valence-electron chi connectivity index (χ2n) is 3.89. The van der Waals surface area contributed by atoms with E-state index in [0.29, 0.717) is 11.8 Å². The van der Waals surface area contributed by atoms with Crippen LogP contribution in [0.2, 0.25) is 0 Å². The van der Waals surface area contributed by atoms with E-state index >= 15 is 0 Å². The van der Waals surface area contributed by atoms with Crippen molar-refractivity contribution in [3.8, 4) is 0 Å². The number of hydrogen-bond acceptors (Lipinski definition) is 3. The molecule has 0 spiro atoms. The summed E-state index contributed by atoms with van der Waals surface area (Å²) in [6.45, 7) is 7.68. The van der Waals surface area contributed by atoms with Crippen LogP contribution in [0.25, 0.3) is 0 Å². The molecule has 1 atom stereocenters. The molecule has 0 aromatic heterocycles. The third kappa shape index (κ3) is 1.65. The molecule has 1 heterocycles. The van der Waals surface area contributed by atoms with Gasteiger partial charge in [-0.05, 0) is 19.3 Å². The van der Waals surface area contributed by atoms with E-state index in [0.717, 1.165) is 6.42 Å². The van der Waals surface area contributed by atoms with Gasteiger partial charge >= 0.3 is 5.97 Å². The highest BCUT2D eigenvalue weighted by Gasteiger charge is 2.40. The number of ether oxygens (including phenoxy) is 1. The number of carbonyl (C=O) groups is 1. The van der Waals surface area contributed by atoms with Gasteiger partial charge < -0.3 is 4.74 Å². The van der Waals surface area contributed by atoms with Crippen molar-refractivity contribution in [3.05, 3.63) is 0 Å². The number of cyclic esters (lactones) is 1. The van der Waals surface area contributed by atoms with Gasteiger partial charge in [0.25, 0.3) is 0 Å². The summed E-state index contributed by atoms with van der Waals surface area (Å²) in [6.07, 6.45) is 0.753. The van der Waals surface area contributed by atoms with E-state index in [9.17, 15) is 4.79 Å². The van der Waals surface area contributed by atoms with Crippen molar-refractivity contribution in [2.24, 2.45) is 10.9 Å². The first-order chi connectivity index (χ1) is 5.44. The molecule has 0 saturated carbocycles. The molecule has 12 heavy (non-hydrogen) atoms. The van der Waals surface area contributed by atoms with Crippen LogP contribution in [0.4, 0.5) is 0 Å². The lowest BCUT2D eigenvalue weighted by molar-refractivity contribution is -0.139. The Morgan fingerprint density at radius 3 is 2.50 bits per heavy atom. The van der Waals surface area contributed by atoms with Gasteiger partial charge in [0.1, 0.15) is 0 Å². The van der Waals surface area contributed by atoms with E-state index in [4.69, 9.17) is 4.74 Å². The van der Waals surface area contributed by atoms with Gasteiger partial charge in [-0.15, -0.1) is 0 Å². The summed E-state index contributed by atoms with van der Waals surface area (Å²) in [5.41, 5.74) is -0.627.